The average molecular weight is 478 g/mol. The van der Waals surface area contributed by atoms with Gasteiger partial charge in [0.25, 0.3) is 0 Å². The molecule has 0 aliphatic heterocycles. The van der Waals surface area contributed by atoms with Crippen molar-refractivity contribution in [3.05, 3.63) is 46.4 Å². The molecular weight excluding hydrogens is 457 g/mol. The number of Topliss-reactive ketones (excluding diaryl/α,β-unsaturated/α-hetero) is 1. The number of thioether (sulfide) groups is 1. The largest absolute Gasteiger partial charge is 0.496 e. The van der Waals surface area contributed by atoms with Crippen molar-refractivity contribution in [1.29, 1.82) is 0 Å². The van der Waals surface area contributed by atoms with Gasteiger partial charge in [0.1, 0.15) is 17.3 Å². The summed E-state index contributed by atoms with van der Waals surface area (Å²) in [5, 5.41) is 10.4. The molecule has 0 radical (unpaired) electrons. The highest BCUT2D eigenvalue weighted by atomic mass is 35.5. The van der Waals surface area contributed by atoms with Gasteiger partial charge >= 0.3 is 0 Å². The van der Waals surface area contributed by atoms with Gasteiger partial charge in [-0.15, -0.1) is 10.2 Å². The van der Waals surface area contributed by atoms with E-state index < -0.39 is 0 Å². The van der Waals surface area contributed by atoms with Gasteiger partial charge in [0, 0.05) is 11.4 Å². The summed E-state index contributed by atoms with van der Waals surface area (Å²) in [6.07, 6.45) is 3.41. The summed E-state index contributed by atoms with van der Waals surface area (Å²) in [4.78, 5) is 12.5. The first-order valence-electron chi connectivity index (χ1n) is 9.84. The zero-order chi connectivity index (χ0) is 22.0. The molecule has 0 amide bonds. The molecule has 162 valence electrons. The van der Waals surface area contributed by atoms with Crippen molar-refractivity contribution in [3.8, 4) is 28.6 Å². The number of nitrogens with zero attached hydrogens (tertiary/aromatic N) is 3. The lowest BCUT2D eigenvalue weighted by atomic mass is 9.99. The van der Waals surface area contributed by atoms with Crippen LogP contribution in [-0.2, 0) is 4.79 Å². The van der Waals surface area contributed by atoms with Gasteiger partial charge in [-0.25, -0.2) is 0 Å². The first-order chi connectivity index (χ1) is 15.0. The van der Waals surface area contributed by atoms with E-state index in [1.165, 1.54) is 11.8 Å². The molecule has 3 aromatic rings. The normalized spacial score (nSPS) is 16.4. The predicted octanol–water partition coefficient (Wildman–Crippen LogP) is 5.86. The Morgan fingerprint density at radius 2 is 1.81 bits per heavy atom. The quantitative estimate of drug-likeness (QED) is 0.442. The minimum Gasteiger partial charge on any atom is -0.496 e. The van der Waals surface area contributed by atoms with Crippen LogP contribution >= 0.6 is 35.0 Å². The summed E-state index contributed by atoms with van der Waals surface area (Å²) in [5.74, 6) is 1.98. The Balaban J connectivity index is 1.86. The zero-order valence-corrected chi connectivity index (χ0v) is 19.4. The molecule has 0 spiro atoms. The second kappa shape index (κ2) is 9.51. The van der Waals surface area contributed by atoms with Crippen molar-refractivity contribution in [3.63, 3.8) is 0 Å². The lowest BCUT2D eigenvalue weighted by Gasteiger charge is -2.20. The first kappa shape index (κ1) is 22.0. The molecule has 9 heteroatoms. The molecule has 1 aliphatic carbocycles. The van der Waals surface area contributed by atoms with Crippen LogP contribution in [0.5, 0.6) is 11.5 Å². The molecular formula is C22H21Cl2N3O3S. The van der Waals surface area contributed by atoms with E-state index in [1.54, 1.807) is 44.6 Å². The number of ketones is 1. The molecule has 1 heterocycles. The summed E-state index contributed by atoms with van der Waals surface area (Å²) >= 11 is 14.1. The number of hydrogen-bond donors (Lipinski definition) is 0. The lowest BCUT2D eigenvalue weighted by molar-refractivity contribution is -0.119. The highest BCUT2D eigenvalue weighted by Crippen LogP contribution is 2.39. The van der Waals surface area contributed by atoms with E-state index >= 15 is 0 Å². The molecule has 0 saturated heterocycles. The van der Waals surface area contributed by atoms with Crippen molar-refractivity contribution in [2.24, 2.45) is 0 Å². The molecule has 1 aromatic heterocycles. The topological polar surface area (TPSA) is 66.2 Å². The van der Waals surface area contributed by atoms with Gasteiger partial charge in [-0.2, -0.15) is 0 Å². The van der Waals surface area contributed by atoms with Gasteiger partial charge in [-0.05, 0) is 49.2 Å². The van der Waals surface area contributed by atoms with E-state index in [0.29, 0.717) is 44.5 Å². The highest BCUT2D eigenvalue weighted by Gasteiger charge is 2.28. The molecule has 1 atom stereocenters. The smallest absolute Gasteiger partial charge is 0.196 e. The molecule has 1 fully saturated rings. The second-order valence-corrected chi connectivity index (χ2v) is 9.14. The van der Waals surface area contributed by atoms with E-state index in [4.69, 9.17) is 32.7 Å². The fourth-order valence-corrected chi connectivity index (χ4v) is 5.20. The fourth-order valence-electron chi connectivity index (χ4n) is 3.61. The van der Waals surface area contributed by atoms with E-state index in [1.807, 2.05) is 10.6 Å². The average Bonchev–Trinajstić information content (AvgIpc) is 3.18. The Morgan fingerprint density at radius 1 is 1.03 bits per heavy atom. The standard InChI is InChI=1S/C22H21Cl2N3O3S/c1-29-18-9-7-13(23)11-15(18)21-25-26-22(31-20-6-4-3-5-17(20)28)27(21)14-8-10-19(30-2)16(24)12-14/h7-12,20H,3-6H2,1-2H3. The first-order valence-corrected chi connectivity index (χ1v) is 11.5. The number of hydrogen-bond acceptors (Lipinski definition) is 6. The van der Waals surface area contributed by atoms with Gasteiger partial charge in [0.15, 0.2) is 11.0 Å². The Morgan fingerprint density at radius 3 is 2.52 bits per heavy atom. The molecule has 6 nitrogen and oxygen atoms in total. The van der Waals surface area contributed by atoms with Crippen LogP contribution in [0.4, 0.5) is 0 Å². The number of carbonyl (C=O) groups excluding carboxylic acids is 1. The zero-order valence-electron chi connectivity index (χ0n) is 17.1. The van der Waals surface area contributed by atoms with Crippen molar-refractivity contribution in [2.75, 3.05) is 14.2 Å². The molecule has 4 rings (SSSR count). The number of aromatic nitrogens is 3. The maximum absolute atomic E-state index is 12.5. The van der Waals surface area contributed by atoms with Crippen molar-refractivity contribution in [2.45, 2.75) is 36.1 Å². The number of methoxy groups -OCH3 is 2. The minimum absolute atomic E-state index is 0.139. The van der Waals surface area contributed by atoms with E-state index in [0.717, 1.165) is 24.9 Å². The van der Waals surface area contributed by atoms with Crippen LogP contribution in [0.2, 0.25) is 10.0 Å². The Labute approximate surface area is 194 Å². The number of carbonyl (C=O) groups is 1. The van der Waals surface area contributed by atoms with Crippen LogP contribution in [0.1, 0.15) is 25.7 Å². The number of halogens is 2. The van der Waals surface area contributed by atoms with Crippen molar-refractivity contribution >= 4 is 40.7 Å². The molecule has 0 bridgehead atoms. The van der Waals surface area contributed by atoms with Crippen molar-refractivity contribution < 1.29 is 14.3 Å². The second-order valence-electron chi connectivity index (χ2n) is 7.12. The monoisotopic (exact) mass is 477 g/mol. The summed E-state index contributed by atoms with van der Waals surface area (Å²) in [7, 11) is 3.16. The van der Waals surface area contributed by atoms with Crippen molar-refractivity contribution in [1.82, 2.24) is 14.8 Å². The summed E-state index contributed by atoms with van der Waals surface area (Å²) in [6.45, 7) is 0. The summed E-state index contributed by atoms with van der Waals surface area (Å²) < 4.78 is 12.7. The Hall–Kier alpha value is -2.22. The summed E-state index contributed by atoms with van der Waals surface area (Å²) in [6, 6.07) is 10.8. The van der Waals surface area contributed by atoms with Crippen LogP contribution in [0.25, 0.3) is 17.1 Å². The third-order valence-corrected chi connectivity index (χ3v) is 6.96. The van der Waals surface area contributed by atoms with Gasteiger partial charge in [0.2, 0.25) is 0 Å². The maximum Gasteiger partial charge on any atom is 0.196 e. The number of rotatable bonds is 6. The van der Waals surface area contributed by atoms with E-state index in [2.05, 4.69) is 10.2 Å². The van der Waals surface area contributed by atoms with E-state index in [9.17, 15) is 4.79 Å². The van der Waals surface area contributed by atoms with Crippen LogP contribution in [0, 0.1) is 0 Å². The van der Waals surface area contributed by atoms with Gasteiger partial charge in [-0.1, -0.05) is 41.4 Å². The molecule has 1 aliphatic rings. The van der Waals surface area contributed by atoms with Gasteiger partial charge in [0.05, 0.1) is 35.7 Å². The fraction of sp³-hybridized carbons (Fsp3) is 0.318. The van der Waals surface area contributed by atoms with Crippen LogP contribution in [-0.4, -0.2) is 40.0 Å². The van der Waals surface area contributed by atoms with Crippen LogP contribution in [0.3, 0.4) is 0 Å². The number of benzene rings is 2. The van der Waals surface area contributed by atoms with Gasteiger partial charge in [-0.3, -0.25) is 9.36 Å². The third-order valence-electron chi connectivity index (χ3n) is 5.18. The minimum atomic E-state index is -0.139. The SMILES string of the molecule is COc1ccc(-n2c(SC3CCCCC3=O)nnc2-c2cc(Cl)ccc2OC)cc1Cl. The third kappa shape index (κ3) is 4.54. The summed E-state index contributed by atoms with van der Waals surface area (Å²) in [5.41, 5.74) is 1.44. The highest BCUT2D eigenvalue weighted by molar-refractivity contribution is 8.00. The Bertz CT molecular complexity index is 1120. The number of ether oxygens (including phenoxy) is 2. The van der Waals surface area contributed by atoms with E-state index in [-0.39, 0.29) is 11.0 Å². The molecule has 2 aromatic carbocycles. The van der Waals surface area contributed by atoms with Crippen LogP contribution in [0.15, 0.2) is 41.6 Å². The molecule has 1 saturated carbocycles. The molecule has 0 N–H and O–H groups in total. The molecule has 31 heavy (non-hydrogen) atoms. The molecule has 1 unspecified atom stereocenters. The Kier molecular flexibility index (Phi) is 6.74. The maximum atomic E-state index is 12.5. The predicted molar refractivity (Wildman–Crippen MR) is 123 cm³/mol. The van der Waals surface area contributed by atoms with Gasteiger partial charge < -0.3 is 9.47 Å². The lowest BCUT2D eigenvalue weighted by Crippen LogP contribution is -2.21. The van der Waals surface area contributed by atoms with Crippen LogP contribution < -0.4 is 9.47 Å².